The fourth-order valence-corrected chi connectivity index (χ4v) is 3.80. The van der Waals surface area contributed by atoms with Crippen molar-refractivity contribution < 1.29 is 23.1 Å². The maximum absolute atomic E-state index is 12.1. The quantitative estimate of drug-likeness (QED) is 0.663. The van der Waals surface area contributed by atoms with Crippen molar-refractivity contribution in [3.8, 4) is 0 Å². The Labute approximate surface area is 141 Å². The summed E-state index contributed by atoms with van der Waals surface area (Å²) in [5, 5.41) is 11.7. The van der Waals surface area contributed by atoms with Crippen LogP contribution >= 0.6 is 0 Å². The van der Waals surface area contributed by atoms with Crippen molar-refractivity contribution in [1.29, 1.82) is 0 Å². The highest BCUT2D eigenvalue weighted by atomic mass is 32.2. The van der Waals surface area contributed by atoms with E-state index in [9.17, 15) is 18.0 Å². The number of hydrogen-bond acceptors (Lipinski definition) is 4. The first-order valence-electron chi connectivity index (χ1n) is 7.96. The number of carbonyl (C=O) groups excluding carboxylic acids is 1. The zero-order valence-corrected chi connectivity index (χ0v) is 14.3. The van der Waals surface area contributed by atoms with E-state index >= 15 is 0 Å². The minimum Gasteiger partial charge on any atom is -0.481 e. The highest BCUT2D eigenvalue weighted by molar-refractivity contribution is 7.92. The van der Waals surface area contributed by atoms with Crippen LogP contribution in [0.15, 0.2) is 24.3 Å². The van der Waals surface area contributed by atoms with Crippen molar-refractivity contribution in [3.63, 3.8) is 0 Å². The second-order valence-electron chi connectivity index (χ2n) is 5.97. The SMILES string of the molecule is CCCCS(=O)(=O)Nc1ccc(NC(=O)C2CCC2C(=O)O)cc1. The second-order valence-corrected chi connectivity index (χ2v) is 7.81. The number of hydrogen-bond donors (Lipinski definition) is 3. The lowest BCUT2D eigenvalue weighted by Gasteiger charge is -2.31. The summed E-state index contributed by atoms with van der Waals surface area (Å²) in [6.07, 6.45) is 2.48. The summed E-state index contributed by atoms with van der Waals surface area (Å²) < 4.78 is 26.1. The molecule has 1 saturated carbocycles. The molecule has 132 valence electrons. The van der Waals surface area contributed by atoms with Crippen LogP contribution in [0.25, 0.3) is 0 Å². The van der Waals surface area contributed by atoms with Gasteiger partial charge in [0.05, 0.1) is 17.6 Å². The average Bonchev–Trinajstić information content (AvgIpc) is 2.45. The first-order chi connectivity index (χ1) is 11.3. The zero-order valence-electron chi connectivity index (χ0n) is 13.5. The van der Waals surface area contributed by atoms with Crippen molar-refractivity contribution in [2.24, 2.45) is 11.8 Å². The van der Waals surface area contributed by atoms with Crippen molar-refractivity contribution in [2.45, 2.75) is 32.6 Å². The molecule has 2 rings (SSSR count). The van der Waals surface area contributed by atoms with Gasteiger partial charge in [0.1, 0.15) is 0 Å². The molecular formula is C16H22N2O5S. The monoisotopic (exact) mass is 354 g/mol. The van der Waals surface area contributed by atoms with Gasteiger partial charge in [-0.05, 0) is 43.5 Å². The van der Waals surface area contributed by atoms with E-state index in [1.165, 1.54) is 0 Å². The Morgan fingerprint density at radius 2 is 1.71 bits per heavy atom. The van der Waals surface area contributed by atoms with Gasteiger partial charge >= 0.3 is 5.97 Å². The Morgan fingerprint density at radius 1 is 1.12 bits per heavy atom. The molecule has 7 nitrogen and oxygen atoms in total. The van der Waals surface area contributed by atoms with E-state index in [-0.39, 0.29) is 11.7 Å². The van der Waals surface area contributed by atoms with Gasteiger partial charge in [-0.25, -0.2) is 8.42 Å². The average molecular weight is 354 g/mol. The number of carbonyl (C=O) groups is 2. The van der Waals surface area contributed by atoms with Gasteiger partial charge in [-0.1, -0.05) is 13.3 Å². The fraction of sp³-hybridized carbons (Fsp3) is 0.500. The molecule has 0 saturated heterocycles. The van der Waals surface area contributed by atoms with Gasteiger partial charge < -0.3 is 10.4 Å². The summed E-state index contributed by atoms with van der Waals surface area (Å²) >= 11 is 0. The third-order valence-corrected chi connectivity index (χ3v) is 5.49. The molecule has 1 aromatic rings. The van der Waals surface area contributed by atoms with Crippen LogP contribution in [-0.4, -0.2) is 31.2 Å². The highest BCUT2D eigenvalue weighted by Crippen LogP contribution is 2.35. The van der Waals surface area contributed by atoms with Crippen LogP contribution in [0.2, 0.25) is 0 Å². The number of unbranched alkanes of at least 4 members (excludes halogenated alkanes) is 1. The number of amides is 1. The molecule has 0 heterocycles. The van der Waals surface area contributed by atoms with Gasteiger partial charge in [-0.15, -0.1) is 0 Å². The summed E-state index contributed by atoms with van der Waals surface area (Å²) in [7, 11) is -3.36. The van der Waals surface area contributed by atoms with E-state index in [0.29, 0.717) is 30.6 Å². The number of carboxylic acid groups (broad SMARTS) is 1. The molecule has 1 amide bonds. The number of anilines is 2. The third kappa shape index (κ3) is 4.70. The number of benzene rings is 1. The van der Waals surface area contributed by atoms with Crippen LogP contribution in [0.3, 0.4) is 0 Å². The third-order valence-electron chi connectivity index (χ3n) is 4.12. The zero-order chi connectivity index (χ0) is 17.7. The van der Waals surface area contributed by atoms with Crippen LogP contribution in [0.1, 0.15) is 32.6 Å². The maximum atomic E-state index is 12.1. The lowest BCUT2D eigenvalue weighted by atomic mass is 9.73. The predicted molar refractivity (Wildman–Crippen MR) is 91.2 cm³/mol. The molecule has 0 spiro atoms. The molecule has 0 aliphatic heterocycles. The first kappa shape index (κ1) is 18.3. The molecule has 1 aromatic carbocycles. The molecular weight excluding hydrogens is 332 g/mol. The van der Waals surface area contributed by atoms with E-state index in [0.717, 1.165) is 6.42 Å². The molecule has 8 heteroatoms. The van der Waals surface area contributed by atoms with Crippen molar-refractivity contribution in [1.82, 2.24) is 0 Å². The second kappa shape index (κ2) is 7.65. The normalized spacial score (nSPS) is 20.0. The number of rotatable bonds is 8. The van der Waals surface area contributed by atoms with E-state index in [4.69, 9.17) is 5.11 Å². The highest BCUT2D eigenvalue weighted by Gasteiger charge is 2.41. The van der Waals surface area contributed by atoms with Gasteiger partial charge in [-0.2, -0.15) is 0 Å². The van der Waals surface area contributed by atoms with Crippen LogP contribution in [0.4, 0.5) is 11.4 Å². The van der Waals surface area contributed by atoms with E-state index in [2.05, 4.69) is 10.0 Å². The van der Waals surface area contributed by atoms with E-state index in [1.807, 2.05) is 6.92 Å². The van der Waals surface area contributed by atoms with Gasteiger partial charge in [-0.3, -0.25) is 14.3 Å². The fourth-order valence-electron chi connectivity index (χ4n) is 2.53. The molecule has 0 aromatic heterocycles. The van der Waals surface area contributed by atoms with E-state index in [1.54, 1.807) is 24.3 Å². The molecule has 24 heavy (non-hydrogen) atoms. The number of nitrogens with one attached hydrogen (secondary N) is 2. The Bertz CT molecular complexity index is 700. The lowest BCUT2D eigenvalue weighted by molar-refractivity contribution is -0.151. The van der Waals surface area contributed by atoms with Crippen LogP contribution in [0, 0.1) is 11.8 Å². The molecule has 2 atom stereocenters. The minimum absolute atomic E-state index is 0.0697. The molecule has 3 N–H and O–H groups in total. The molecule has 1 fully saturated rings. The largest absolute Gasteiger partial charge is 0.481 e. The molecule has 0 radical (unpaired) electrons. The lowest BCUT2D eigenvalue weighted by Crippen LogP contribution is -2.41. The summed E-state index contributed by atoms with van der Waals surface area (Å²) in [5.74, 6) is -2.31. The number of carboxylic acids is 1. The van der Waals surface area contributed by atoms with Gasteiger partial charge in [0, 0.05) is 11.4 Å². The standard InChI is InChI=1S/C16H22N2O5S/c1-2-3-10-24(22,23)18-12-6-4-11(5-7-12)17-15(19)13-8-9-14(13)16(20)21/h4-7,13-14,18H,2-3,8-10H2,1H3,(H,17,19)(H,20,21). The molecule has 1 aliphatic rings. The van der Waals surface area contributed by atoms with Crippen molar-refractivity contribution in [2.75, 3.05) is 15.8 Å². The first-order valence-corrected chi connectivity index (χ1v) is 9.62. The summed E-state index contributed by atoms with van der Waals surface area (Å²) in [6.45, 7) is 1.92. The number of aliphatic carboxylic acids is 1. The Hall–Kier alpha value is -2.09. The van der Waals surface area contributed by atoms with Crippen LogP contribution in [0.5, 0.6) is 0 Å². The van der Waals surface area contributed by atoms with E-state index < -0.39 is 27.8 Å². The molecule has 2 unspecified atom stereocenters. The molecule has 0 bridgehead atoms. The summed E-state index contributed by atoms with van der Waals surface area (Å²) in [6, 6.07) is 6.30. The summed E-state index contributed by atoms with van der Waals surface area (Å²) in [4.78, 5) is 23.0. The number of sulfonamides is 1. The summed E-state index contributed by atoms with van der Waals surface area (Å²) in [5.41, 5.74) is 0.934. The van der Waals surface area contributed by atoms with Gasteiger partial charge in [0.15, 0.2) is 0 Å². The Morgan fingerprint density at radius 3 is 2.21 bits per heavy atom. The van der Waals surface area contributed by atoms with Gasteiger partial charge in [0.25, 0.3) is 0 Å². The van der Waals surface area contributed by atoms with Crippen LogP contribution < -0.4 is 10.0 Å². The smallest absolute Gasteiger partial charge is 0.307 e. The van der Waals surface area contributed by atoms with Crippen LogP contribution in [-0.2, 0) is 19.6 Å². The molecule has 1 aliphatic carbocycles. The maximum Gasteiger partial charge on any atom is 0.307 e. The Balaban J connectivity index is 1.92. The minimum atomic E-state index is -3.36. The predicted octanol–water partition coefficient (Wildman–Crippen LogP) is 2.28. The van der Waals surface area contributed by atoms with Crippen molar-refractivity contribution in [3.05, 3.63) is 24.3 Å². The topological polar surface area (TPSA) is 113 Å². The van der Waals surface area contributed by atoms with Gasteiger partial charge in [0.2, 0.25) is 15.9 Å². The Kier molecular flexibility index (Phi) is 5.82. The van der Waals surface area contributed by atoms with Crippen molar-refractivity contribution >= 4 is 33.3 Å².